The summed E-state index contributed by atoms with van der Waals surface area (Å²) in [5.74, 6) is -1.46. The Morgan fingerprint density at radius 2 is 2.00 bits per heavy atom. The molecule has 0 saturated heterocycles. The summed E-state index contributed by atoms with van der Waals surface area (Å²) in [4.78, 5) is 10.4. The third-order valence-corrected chi connectivity index (χ3v) is 5.25. The van der Waals surface area contributed by atoms with Crippen LogP contribution in [-0.2, 0) is 4.79 Å². The van der Waals surface area contributed by atoms with Crippen LogP contribution in [0.1, 0.15) is 71.6 Å². The van der Waals surface area contributed by atoms with E-state index in [9.17, 15) is 19.4 Å². The fourth-order valence-electron chi connectivity index (χ4n) is 3.69. The van der Waals surface area contributed by atoms with Gasteiger partial charge in [0.2, 0.25) is 0 Å². The van der Waals surface area contributed by atoms with E-state index in [0.717, 1.165) is 38.2 Å². The van der Waals surface area contributed by atoms with E-state index in [4.69, 9.17) is 5.11 Å². The van der Waals surface area contributed by atoms with E-state index in [1.807, 2.05) is 6.08 Å². The monoisotopic (exact) mass is 370 g/mol. The van der Waals surface area contributed by atoms with Crippen molar-refractivity contribution in [2.75, 3.05) is 0 Å². The maximum Gasteiger partial charge on any atom is 0.327 e. The minimum absolute atomic E-state index is 0.149. The van der Waals surface area contributed by atoms with E-state index in [-0.39, 0.29) is 18.3 Å². The fraction of sp³-hybridized carbons (Fsp3) is 0.762. The Labute approximate surface area is 156 Å². The Morgan fingerprint density at radius 1 is 1.27 bits per heavy atom. The highest BCUT2D eigenvalue weighted by atomic mass is 19.1. The van der Waals surface area contributed by atoms with Crippen molar-refractivity contribution in [3.8, 4) is 0 Å². The number of aliphatic hydroxyl groups excluding tert-OH is 1. The SMILES string of the molecule is CCCCCC(C)(O)/C=C/[C@@H]1[C@@H](CCCC/C=C/C(=O)O)[C@H](F)C[C@H]1O. The van der Waals surface area contributed by atoms with Gasteiger partial charge in [-0.2, -0.15) is 0 Å². The number of hydrogen-bond donors (Lipinski definition) is 3. The van der Waals surface area contributed by atoms with Crippen LogP contribution in [-0.4, -0.2) is 39.2 Å². The average Bonchev–Trinajstić information content (AvgIpc) is 2.82. The van der Waals surface area contributed by atoms with Gasteiger partial charge in [-0.3, -0.25) is 0 Å². The van der Waals surface area contributed by atoms with Crippen molar-refractivity contribution in [1.82, 2.24) is 0 Å². The maximum atomic E-state index is 14.3. The number of carboxylic acids is 1. The Kier molecular flexibility index (Phi) is 10.1. The summed E-state index contributed by atoms with van der Waals surface area (Å²) in [6, 6.07) is 0. The lowest BCUT2D eigenvalue weighted by Gasteiger charge is -2.23. The van der Waals surface area contributed by atoms with E-state index in [1.54, 1.807) is 19.1 Å². The summed E-state index contributed by atoms with van der Waals surface area (Å²) in [6.07, 6.45) is 11.4. The number of hydrogen-bond acceptors (Lipinski definition) is 3. The average molecular weight is 371 g/mol. The van der Waals surface area contributed by atoms with Crippen molar-refractivity contribution in [1.29, 1.82) is 0 Å². The van der Waals surface area contributed by atoms with E-state index in [1.165, 1.54) is 0 Å². The molecule has 0 aromatic heterocycles. The molecule has 0 radical (unpaired) electrons. The van der Waals surface area contributed by atoms with Gasteiger partial charge in [-0.15, -0.1) is 0 Å². The number of alkyl halides is 1. The summed E-state index contributed by atoms with van der Waals surface area (Å²) in [5, 5.41) is 29.2. The van der Waals surface area contributed by atoms with Crippen LogP contribution in [0.2, 0.25) is 0 Å². The molecule has 0 aliphatic heterocycles. The van der Waals surface area contributed by atoms with Gasteiger partial charge in [-0.05, 0) is 38.5 Å². The lowest BCUT2D eigenvalue weighted by Crippen LogP contribution is -2.24. The smallest absolute Gasteiger partial charge is 0.327 e. The zero-order valence-corrected chi connectivity index (χ0v) is 16.1. The number of carbonyl (C=O) groups is 1. The molecule has 1 rings (SSSR count). The summed E-state index contributed by atoms with van der Waals surface area (Å²) in [7, 11) is 0. The predicted octanol–water partition coefficient (Wildman–Crippen LogP) is 4.41. The van der Waals surface area contributed by atoms with Gasteiger partial charge in [-0.25, -0.2) is 9.18 Å². The molecule has 26 heavy (non-hydrogen) atoms. The number of carboxylic acid groups (broad SMARTS) is 1. The van der Waals surface area contributed by atoms with Gasteiger partial charge in [0.05, 0.1) is 11.7 Å². The molecule has 0 aromatic rings. The summed E-state index contributed by atoms with van der Waals surface area (Å²) < 4.78 is 14.3. The van der Waals surface area contributed by atoms with Gasteiger partial charge in [-0.1, -0.05) is 50.8 Å². The quantitative estimate of drug-likeness (QED) is 0.270. The molecule has 0 aromatic carbocycles. The van der Waals surface area contributed by atoms with Gasteiger partial charge in [0, 0.05) is 18.4 Å². The Hall–Kier alpha value is -1.20. The third kappa shape index (κ3) is 8.45. The van der Waals surface area contributed by atoms with Crippen molar-refractivity contribution in [3.63, 3.8) is 0 Å². The van der Waals surface area contributed by atoms with E-state index < -0.39 is 23.8 Å². The van der Waals surface area contributed by atoms with Gasteiger partial charge < -0.3 is 15.3 Å². The summed E-state index contributed by atoms with van der Waals surface area (Å²) in [6.45, 7) is 3.88. The molecule has 1 aliphatic rings. The number of aliphatic carboxylic acids is 1. The lowest BCUT2D eigenvalue weighted by atomic mass is 9.87. The first-order valence-electron chi connectivity index (χ1n) is 9.90. The van der Waals surface area contributed by atoms with Crippen molar-refractivity contribution in [2.45, 2.75) is 89.5 Å². The van der Waals surface area contributed by atoms with Gasteiger partial charge in [0.15, 0.2) is 0 Å². The second kappa shape index (κ2) is 11.5. The van der Waals surface area contributed by atoms with E-state index in [2.05, 4.69) is 6.92 Å². The lowest BCUT2D eigenvalue weighted by molar-refractivity contribution is -0.131. The molecule has 5 heteroatoms. The molecule has 0 amide bonds. The number of aliphatic hydroxyl groups is 2. The maximum absolute atomic E-state index is 14.3. The molecule has 1 saturated carbocycles. The number of halogens is 1. The third-order valence-electron chi connectivity index (χ3n) is 5.25. The first-order chi connectivity index (χ1) is 12.3. The van der Waals surface area contributed by atoms with Crippen LogP contribution < -0.4 is 0 Å². The number of allylic oxidation sites excluding steroid dienone is 1. The van der Waals surface area contributed by atoms with Crippen LogP contribution >= 0.6 is 0 Å². The number of rotatable bonds is 12. The Morgan fingerprint density at radius 3 is 2.65 bits per heavy atom. The molecule has 150 valence electrons. The molecular formula is C21H35FO4. The second-order valence-electron chi connectivity index (χ2n) is 7.76. The van der Waals surface area contributed by atoms with Crippen LogP contribution in [0.25, 0.3) is 0 Å². The standard InChI is InChI=1S/C21H35FO4/c1-3-4-9-13-21(2,26)14-12-17-16(18(22)15-19(17)23)10-7-5-6-8-11-20(24)25/h8,11-12,14,16-19,23,26H,3-7,9-10,13,15H2,1-2H3,(H,24,25)/b11-8+,14-12+/t16-,17-,18-,19-,21?/m1/s1. The minimum Gasteiger partial charge on any atom is -0.478 e. The first kappa shape index (κ1) is 22.8. The van der Waals surface area contributed by atoms with Gasteiger partial charge in [0.1, 0.15) is 6.17 Å². The molecule has 1 aliphatic carbocycles. The largest absolute Gasteiger partial charge is 0.478 e. The van der Waals surface area contributed by atoms with Crippen LogP contribution in [0.15, 0.2) is 24.3 Å². The van der Waals surface area contributed by atoms with Crippen LogP contribution in [0.4, 0.5) is 4.39 Å². The Balaban J connectivity index is 2.52. The zero-order valence-electron chi connectivity index (χ0n) is 16.1. The zero-order chi connectivity index (χ0) is 19.6. The molecule has 3 N–H and O–H groups in total. The van der Waals surface area contributed by atoms with Crippen molar-refractivity contribution < 1.29 is 24.5 Å². The first-order valence-corrected chi connectivity index (χ1v) is 9.90. The molecular weight excluding hydrogens is 335 g/mol. The Bertz CT molecular complexity index is 473. The molecule has 1 unspecified atom stereocenters. The predicted molar refractivity (Wildman–Crippen MR) is 102 cm³/mol. The number of unbranched alkanes of at least 4 members (excludes halogenated alkanes) is 4. The molecule has 0 heterocycles. The van der Waals surface area contributed by atoms with Crippen LogP contribution in [0, 0.1) is 11.8 Å². The van der Waals surface area contributed by atoms with E-state index in [0.29, 0.717) is 19.3 Å². The van der Waals surface area contributed by atoms with Crippen LogP contribution in [0.3, 0.4) is 0 Å². The molecule has 1 fully saturated rings. The normalized spacial score (nSPS) is 28.8. The second-order valence-corrected chi connectivity index (χ2v) is 7.76. The molecule has 0 bridgehead atoms. The van der Waals surface area contributed by atoms with Crippen molar-refractivity contribution in [2.24, 2.45) is 11.8 Å². The highest BCUT2D eigenvalue weighted by molar-refractivity contribution is 5.79. The summed E-state index contributed by atoms with van der Waals surface area (Å²) in [5.41, 5.74) is -0.921. The van der Waals surface area contributed by atoms with Gasteiger partial charge >= 0.3 is 5.97 Å². The van der Waals surface area contributed by atoms with E-state index >= 15 is 0 Å². The van der Waals surface area contributed by atoms with Crippen LogP contribution in [0.5, 0.6) is 0 Å². The highest BCUT2D eigenvalue weighted by Gasteiger charge is 2.41. The minimum atomic E-state index is -1.03. The highest BCUT2D eigenvalue weighted by Crippen LogP contribution is 2.39. The van der Waals surface area contributed by atoms with Crippen molar-refractivity contribution >= 4 is 5.97 Å². The van der Waals surface area contributed by atoms with Gasteiger partial charge in [0.25, 0.3) is 0 Å². The molecule has 5 atom stereocenters. The van der Waals surface area contributed by atoms with Crippen molar-refractivity contribution in [3.05, 3.63) is 24.3 Å². The topological polar surface area (TPSA) is 77.8 Å². The summed E-state index contributed by atoms with van der Waals surface area (Å²) >= 11 is 0. The fourth-order valence-corrected chi connectivity index (χ4v) is 3.69. The molecule has 0 spiro atoms. The molecule has 4 nitrogen and oxygen atoms in total.